The van der Waals surface area contributed by atoms with Gasteiger partial charge in [0.05, 0.1) is 12.7 Å². The topological polar surface area (TPSA) is 41.6 Å². The summed E-state index contributed by atoms with van der Waals surface area (Å²) in [6.45, 7) is 0.832. The lowest BCUT2D eigenvalue weighted by Crippen LogP contribution is -2.23. The molecule has 0 aliphatic rings. The second kappa shape index (κ2) is 8.26. The highest BCUT2D eigenvalue weighted by Crippen LogP contribution is 2.22. The zero-order valence-corrected chi connectivity index (χ0v) is 15.5. The summed E-state index contributed by atoms with van der Waals surface area (Å²) in [7, 11) is 5.32. The normalized spacial score (nSPS) is 10.8. The summed E-state index contributed by atoms with van der Waals surface area (Å²) >= 11 is 3.36. The molecule has 0 saturated heterocycles. The van der Waals surface area contributed by atoms with E-state index in [1.807, 2.05) is 19.0 Å². The summed E-state index contributed by atoms with van der Waals surface area (Å²) in [5.74, 6) is 0.145. The molecule has 4 nitrogen and oxygen atoms in total. The molecule has 2 rings (SSSR count). The van der Waals surface area contributed by atoms with Crippen molar-refractivity contribution in [2.75, 3.05) is 21.2 Å². The van der Waals surface area contributed by atoms with E-state index in [1.54, 1.807) is 37.4 Å². The zero-order chi connectivity index (χ0) is 17.7. The number of hydrogen-bond acceptors (Lipinski definition) is 3. The molecule has 0 bridgehead atoms. The monoisotopic (exact) mass is 394 g/mol. The molecule has 24 heavy (non-hydrogen) atoms. The van der Waals surface area contributed by atoms with Crippen molar-refractivity contribution in [2.45, 2.75) is 13.1 Å². The third kappa shape index (κ3) is 4.79. The minimum atomic E-state index is -0.241. The Balaban J connectivity index is 2.09. The fourth-order valence-corrected chi connectivity index (χ4v) is 2.71. The molecule has 0 fully saturated rings. The van der Waals surface area contributed by atoms with Gasteiger partial charge in [0.25, 0.3) is 5.91 Å². The van der Waals surface area contributed by atoms with Gasteiger partial charge in [0.1, 0.15) is 11.6 Å². The second-order valence-corrected chi connectivity index (χ2v) is 6.55. The fraction of sp³-hybridized carbons (Fsp3) is 0.278. The number of rotatable bonds is 6. The summed E-state index contributed by atoms with van der Waals surface area (Å²) < 4.78 is 19.6. The van der Waals surface area contributed by atoms with E-state index in [2.05, 4.69) is 21.2 Å². The average molecular weight is 395 g/mol. The highest BCUT2D eigenvalue weighted by atomic mass is 79.9. The van der Waals surface area contributed by atoms with E-state index in [9.17, 15) is 9.18 Å². The number of halogens is 2. The number of carbonyl (C=O) groups is 1. The Hall–Kier alpha value is -1.92. The van der Waals surface area contributed by atoms with E-state index in [4.69, 9.17) is 4.74 Å². The van der Waals surface area contributed by atoms with Crippen molar-refractivity contribution in [1.29, 1.82) is 0 Å². The van der Waals surface area contributed by atoms with Crippen LogP contribution in [0.15, 0.2) is 40.9 Å². The first-order valence-electron chi connectivity index (χ1n) is 7.44. The van der Waals surface area contributed by atoms with E-state index < -0.39 is 0 Å². The first-order valence-corrected chi connectivity index (χ1v) is 8.23. The molecule has 0 aromatic heterocycles. The summed E-state index contributed by atoms with van der Waals surface area (Å²) in [5.41, 5.74) is 1.94. The molecule has 0 radical (unpaired) electrons. The standard InChI is InChI=1S/C18H20BrFN2O2/c1-22(2)11-13-8-12(4-7-17(13)20)10-21-18(23)15-9-14(24-3)5-6-16(15)19/h4-9H,10-11H2,1-3H3,(H,21,23). The van der Waals surface area contributed by atoms with Crippen molar-refractivity contribution in [1.82, 2.24) is 10.2 Å². The van der Waals surface area contributed by atoms with E-state index in [-0.39, 0.29) is 11.7 Å². The molecule has 0 atom stereocenters. The van der Waals surface area contributed by atoms with Crippen LogP contribution >= 0.6 is 15.9 Å². The zero-order valence-electron chi connectivity index (χ0n) is 13.9. The molecular weight excluding hydrogens is 375 g/mol. The predicted molar refractivity (Wildman–Crippen MR) is 95.7 cm³/mol. The van der Waals surface area contributed by atoms with Crippen molar-refractivity contribution >= 4 is 21.8 Å². The molecule has 128 valence electrons. The molecule has 0 saturated carbocycles. The minimum absolute atomic E-state index is 0.223. The summed E-state index contributed by atoms with van der Waals surface area (Å²) in [6, 6.07) is 10.1. The van der Waals surface area contributed by atoms with Crippen molar-refractivity contribution in [3.8, 4) is 5.75 Å². The first-order chi connectivity index (χ1) is 11.4. The quantitative estimate of drug-likeness (QED) is 0.813. The molecule has 0 unspecified atom stereocenters. The number of benzene rings is 2. The molecule has 0 spiro atoms. The van der Waals surface area contributed by atoms with Crippen LogP contribution in [0.5, 0.6) is 5.75 Å². The first kappa shape index (κ1) is 18.4. The SMILES string of the molecule is COc1ccc(Br)c(C(=O)NCc2ccc(F)c(CN(C)C)c2)c1. The van der Waals surface area contributed by atoms with Gasteiger partial charge in [0.2, 0.25) is 0 Å². The Labute approximate surface area is 149 Å². The van der Waals surface area contributed by atoms with Gasteiger partial charge >= 0.3 is 0 Å². The van der Waals surface area contributed by atoms with Crippen LogP contribution in [0.3, 0.4) is 0 Å². The van der Waals surface area contributed by atoms with Gasteiger partial charge in [0.15, 0.2) is 0 Å². The van der Waals surface area contributed by atoms with Crippen LogP contribution < -0.4 is 10.1 Å². The molecular formula is C18H20BrFN2O2. The number of hydrogen-bond donors (Lipinski definition) is 1. The maximum Gasteiger partial charge on any atom is 0.252 e. The van der Waals surface area contributed by atoms with Crippen LogP contribution in [0, 0.1) is 5.82 Å². The molecule has 0 heterocycles. The largest absolute Gasteiger partial charge is 0.497 e. The Morgan fingerprint density at radius 3 is 2.67 bits per heavy atom. The van der Waals surface area contributed by atoms with Crippen LogP contribution in [-0.4, -0.2) is 32.0 Å². The Kier molecular flexibility index (Phi) is 6.34. The lowest BCUT2D eigenvalue weighted by Gasteiger charge is -2.13. The highest BCUT2D eigenvalue weighted by Gasteiger charge is 2.12. The average Bonchev–Trinajstić information content (AvgIpc) is 2.55. The Bertz CT molecular complexity index is 735. The van der Waals surface area contributed by atoms with Gasteiger partial charge in [-0.15, -0.1) is 0 Å². The van der Waals surface area contributed by atoms with Crippen molar-refractivity contribution in [3.05, 3.63) is 63.4 Å². The molecule has 0 aliphatic carbocycles. The highest BCUT2D eigenvalue weighted by molar-refractivity contribution is 9.10. The van der Waals surface area contributed by atoms with E-state index >= 15 is 0 Å². The maximum atomic E-state index is 13.8. The fourth-order valence-electron chi connectivity index (χ4n) is 2.28. The Morgan fingerprint density at radius 1 is 1.25 bits per heavy atom. The molecule has 0 aliphatic heterocycles. The van der Waals surface area contributed by atoms with Crippen LogP contribution in [0.4, 0.5) is 4.39 Å². The smallest absolute Gasteiger partial charge is 0.252 e. The van der Waals surface area contributed by atoms with Crippen molar-refractivity contribution in [2.24, 2.45) is 0 Å². The third-order valence-corrected chi connectivity index (χ3v) is 4.16. The van der Waals surface area contributed by atoms with Gasteiger partial charge in [-0.2, -0.15) is 0 Å². The van der Waals surface area contributed by atoms with Crippen molar-refractivity contribution < 1.29 is 13.9 Å². The molecule has 1 amide bonds. The molecule has 1 N–H and O–H groups in total. The predicted octanol–water partition coefficient (Wildman–Crippen LogP) is 3.59. The van der Waals surface area contributed by atoms with Gasteiger partial charge < -0.3 is 15.0 Å². The van der Waals surface area contributed by atoms with Crippen LogP contribution in [0.2, 0.25) is 0 Å². The number of nitrogens with zero attached hydrogens (tertiary/aromatic N) is 1. The number of carbonyl (C=O) groups excluding carboxylic acids is 1. The Morgan fingerprint density at radius 2 is 2.00 bits per heavy atom. The van der Waals surface area contributed by atoms with Crippen LogP contribution in [-0.2, 0) is 13.1 Å². The van der Waals surface area contributed by atoms with E-state index in [0.717, 1.165) is 5.56 Å². The summed E-state index contributed by atoms with van der Waals surface area (Å²) in [5, 5.41) is 2.85. The second-order valence-electron chi connectivity index (χ2n) is 5.69. The lowest BCUT2D eigenvalue weighted by atomic mass is 10.1. The summed E-state index contributed by atoms with van der Waals surface area (Å²) in [4.78, 5) is 14.3. The van der Waals surface area contributed by atoms with Gasteiger partial charge in [-0.25, -0.2) is 4.39 Å². The maximum absolute atomic E-state index is 13.8. The van der Waals surface area contributed by atoms with Gasteiger partial charge in [-0.3, -0.25) is 4.79 Å². The molecule has 2 aromatic carbocycles. The number of amides is 1. The molecule has 2 aromatic rings. The number of ether oxygens (including phenoxy) is 1. The van der Waals surface area contributed by atoms with Crippen molar-refractivity contribution in [3.63, 3.8) is 0 Å². The third-order valence-electron chi connectivity index (χ3n) is 3.47. The summed E-state index contributed by atoms with van der Waals surface area (Å²) in [6.07, 6.45) is 0. The van der Waals surface area contributed by atoms with Gasteiger partial charge in [-0.05, 0) is 65.9 Å². The number of nitrogens with one attached hydrogen (secondary N) is 1. The van der Waals surface area contributed by atoms with Crippen LogP contribution in [0.25, 0.3) is 0 Å². The van der Waals surface area contributed by atoms with Crippen LogP contribution in [0.1, 0.15) is 21.5 Å². The lowest BCUT2D eigenvalue weighted by molar-refractivity contribution is 0.0949. The van der Waals surface area contributed by atoms with Gasteiger partial charge in [0, 0.05) is 23.1 Å². The minimum Gasteiger partial charge on any atom is -0.497 e. The van der Waals surface area contributed by atoms with E-state index in [0.29, 0.717) is 34.4 Å². The molecule has 6 heteroatoms. The van der Waals surface area contributed by atoms with E-state index in [1.165, 1.54) is 6.07 Å². The van der Waals surface area contributed by atoms with Gasteiger partial charge in [-0.1, -0.05) is 6.07 Å². The number of methoxy groups -OCH3 is 1.